The summed E-state index contributed by atoms with van der Waals surface area (Å²) >= 11 is 0. The van der Waals surface area contributed by atoms with Gasteiger partial charge in [-0.25, -0.2) is 0 Å². The van der Waals surface area contributed by atoms with Gasteiger partial charge in [0, 0.05) is 12.5 Å². The summed E-state index contributed by atoms with van der Waals surface area (Å²) in [4.78, 5) is 0. The highest BCUT2D eigenvalue weighted by Gasteiger charge is 2.47. The number of hydrogen-bond donors (Lipinski definition) is 3. The molecule has 0 aromatic rings. The average Bonchev–Trinajstić information content (AvgIpc) is 2.73. The van der Waals surface area contributed by atoms with Crippen molar-refractivity contribution in [1.29, 1.82) is 0 Å². The van der Waals surface area contributed by atoms with Gasteiger partial charge in [0.25, 0.3) is 0 Å². The average molecular weight is 209 g/mol. The maximum atomic E-state index is 3.53. The van der Waals surface area contributed by atoms with Gasteiger partial charge in [-0.2, -0.15) is 0 Å². The number of rotatable bonds is 2. The molecule has 0 radical (unpaired) electrons. The zero-order chi connectivity index (χ0) is 11.1. The number of likely N-dealkylation sites (N-methyl/N-ethyl adjacent to an activating group) is 2. The summed E-state index contributed by atoms with van der Waals surface area (Å²) in [5.74, 6) is 2.13. The molecule has 15 heavy (non-hydrogen) atoms. The molecule has 3 nitrogen and oxygen atoms in total. The summed E-state index contributed by atoms with van der Waals surface area (Å²) in [5, 5.41) is 10.4. The molecule has 0 bridgehead atoms. The first-order valence-corrected chi connectivity index (χ1v) is 5.92. The van der Waals surface area contributed by atoms with Crippen molar-refractivity contribution < 1.29 is 0 Å². The third-order valence-corrected chi connectivity index (χ3v) is 4.49. The van der Waals surface area contributed by atoms with E-state index in [1.807, 2.05) is 14.1 Å². The zero-order valence-electron chi connectivity index (χ0n) is 10.2. The van der Waals surface area contributed by atoms with Crippen molar-refractivity contribution in [2.24, 2.45) is 17.8 Å². The van der Waals surface area contributed by atoms with Crippen molar-refractivity contribution in [2.45, 2.75) is 19.5 Å². The summed E-state index contributed by atoms with van der Waals surface area (Å²) in [7, 11) is 4.09. The standard InChI is InChI=1S/C12H23N3/c1-8-5-12(13-3,14-4)11-7-15-6-10(11)9(8)2/h5,9-11,13-15H,6-7H2,1-4H3. The van der Waals surface area contributed by atoms with Crippen molar-refractivity contribution in [1.82, 2.24) is 16.0 Å². The van der Waals surface area contributed by atoms with E-state index in [1.54, 1.807) is 0 Å². The third-order valence-electron chi connectivity index (χ3n) is 4.49. The van der Waals surface area contributed by atoms with Gasteiger partial charge >= 0.3 is 0 Å². The van der Waals surface area contributed by atoms with Gasteiger partial charge in [0.1, 0.15) is 0 Å². The summed E-state index contributed by atoms with van der Waals surface area (Å²) in [6, 6.07) is 0. The monoisotopic (exact) mass is 209 g/mol. The fraction of sp³-hybridized carbons (Fsp3) is 0.833. The van der Waals surface area contributed by atoms with Crippen LogP contribution in [0.15, 0.2) is 11.6 Å². The van der Waals surface area contributed by atoms with E-state index >= 15 is 0 Å². The second kappa shape index (κ2) is 3.89. The van der Waals surface area contributed by atoms with Crippen molar-refractivity contribution >= 4 is 0 Å². The lowest BCUT2D eigenvalue weighted by Gasteiger charge is -2.45. The van der Waals surface area contributed by atoms with Crippen LogP contribution in [0.25, 0.3) is 0 Å². The summed E-state index contributed by atoms with van der Waals surface area (Å²) in [6.45, 7) is 6.87. The SMILES string of the molecule is CNC1(NC)C=C(C)C(C)C2CNCC21. The molecule has 0 amide bonds. The molecule has 3 atom stereocenters. The summed E-state index contributed by atoms with van der Waals surface area (Å²) in [6.07, 6.45) is 2.38. The Morgan fingerprint density at radius 2 is 2.00 bits per heavy atom. The van der Waals surface area contributed by atoms with E-state index in [4.69, 9.17) is 0 Å². The molecule has 1 heterocycles. The lowest BCUT2D eigenvalue weighted by atomic mass is 9.69. The van der Waals surface area contributed by atoms with Gasteiger partial charge in [0.2, 0.25) is 0 Å². The van der Waals surface area contributed by atoms with Gasteiger partial charge in [-0.15, -0.1) is 0 Å². The lowest BCUT2D eigenvalue weighted by Crippen LogP contribution is -2.62. The maximum Gasteiger partial charge on any atom is 0.0921 e. The molecule has 86 valence electrons. The van der Waals surface area contributed by atoms with Gasteiger partial charge in [0.05, 0.1) is 5.66 Å². The Morgan fingerprint density at radius 3 is 2.60 bits per heavy atom. The van der Waals surface area contributed by atoms with Crippen LogP contribution in [0.5, 0.6) is 0 Å². The summed E-state index contributed by atoms with van der Waals surface area (Å²) in [5.41, 5.74) is 1.49. The molecule has 3 unspecified atom stereocenters. The van der Waals surface area contributed by atoms with Crippen molar-refractivity contribution in [2.75, 3.05) is 27.2 Å². The van der Waals surface area contributed by atoms with E-state index in [1.165, 1.54) is 5.57 Å². The Kier molecular flexibility index (Phi) is 2.88. The van der Waals surface area contributed by atoms with Crippen LogP contribution in [0.4, 0.5) is 0 Å². The predicted octanol–water partition coefficient (Wildman–Crippen LogP) is 0.553. The van der Waals surface area contributed by atoms with Gasteiger partial charge in [-0.1, -0.05) is 18.6 Å². The first-order chi connectivity index (χ1) is 7.14. The zero-order valence-corrected chi connectivity index (χ0v) is 10.2. The van der Waals surface area contributed by atoms with E-state index in [0.717, 1.165) is 19.0 Å². The minimum absolute atomic E-state index is 0.00917. The minimum atomic E-state index is -0.00917. The number of hydrogen-bond acceptors (Lipinski definition) is 3. The lowest BCUT2D eigenvalue weighted by molar-refractivity contribution is 0.161. The van der Waals surface area contributed by atoms with Gasteiger partial charge in [-0.05, 0) is 39.4 Å². The maximum absolute atomic E-state index is 3.53. The molecule has 0 spiro atoms. The highest BCUT2D eigenvalue weighted by molar-refractivity contribution is 5.23. The molecule has 2 aliphatic rings. The van der Waals surface area contributed by atoms with Gasteiger partial charge in [0.15, 0.2) is 0 Å². The Balaban J connectivity index is 2.38. The highest BCUT2D eigenvalue weighted by Crippen LogP contribution is 2.40. The smallest absolute Gasteiger partial charge is 0.0921 e. The quantitative estimate of drug-likeness (QED) is 0.459. The molecular weight excluding hydrogens is 186 g/mol. The fourth-order valence-corrected chi connectivity index (χ4v) is 3.30. The first-order valence-electron chi connectivity index (χ1n) is 5.92. The molecule has 0 saturated carbocycles. The third kappa shape index (κ3) is 1.53. The van der Waals surface area contributed by atoms with E-state index in [2.05, 4.69) is 35.9 Å². The molecule has 1 aliphatic carbocycles. The molecule has 0 aromatic carbocycles. The Bertz CT molecular complexity index is 268. The normalized spacial score (nSPS) is 38.7. The van der Waals surface area contributed by atoms with Gasteiger partial charge in [-0.3, -0.25) is 10.6 Å². The summed E-state index contributed by atoms with van der Waals surface area (Å²) < 4.78 is 0. The van der Waals surface area contributed by atoms with E-state index in [9.17, 15) is 0 Å². The van der Waals surface area contributed by atoms with Crippen LogP contribution in [0, 0.1) is 17.8 Å². The molecular formula is C12H23N3. The van der Waals surface area contributed by atoms with E-state index in [-0.39, 0.29) is 5.66 Å². The number of allylic oxidation sites excluding steroid dienone is 1. The number of fused-ring (bicyclic) bond motifs is 1. The first kappa shape index (κ1) is 11.1. The molecule has 1 aliphatic heterocycles. The fourth-order valence-electron chi connectivity index (χ4n) is 3.30. The van der Waals surface area contributed by atoms with Crippen LogP contribution >= 0.6 is 0 Å². The molecule has 0 aromatic heterocycles. The van der Waals surface area contributed by atoms with Crippen molar-refractivity contribution in [3.05, 3.63) is 11.6 Å². The van der Waals surface area contributed by atoms with Crippen molar-refractivity contribution in [3.63, 3.8) is 0 Å². The van der Waals surface area contributed by atoms with Crippen LogP contribution in [-0.4, -0.2) is 32.8 Å². The topological polar surface area (TPSA) is 36.1 Å². The molecule has 3 heteroatoms. The van der Waals surface area contributed by atoms with E-state index < -0.39 is 0 Å². The van der Waals surface area contributed by atoms with Crippen LogP contribution in [0.1, 0.15) is 13.8 Å². The van der Waals surface area contributed by atoms with Crippen LogP contribution in [0.2, 0.25) is 0 Å². The molecule has 1 saturated heterocycles. The molecule has 3 N–H and O–H groups in total. The van der Waals surface area contributed by atoms with Crippen molar-refractivity contribution in [3.8, 4) is 0 Å². The second-order valence-electron chi connectivity index (χ2n) is 4.97. The molecule has 1 fully saturated rings. The molecule has 2 rings (SSSR count). The highest BCUT2D eigenvalue weighted by atomic mass is 15.2. The minimum Gasteiger partial charge on any atom is -0.316 e. The second-order valence-corrected chi connectivity index (χ2v) is 4.97. The predicted molar refractivity (Wildman–Crippen MR) is 63.6 cm³/mol. The van der Waals surface area contributed by atoms with E-state index in [0.29, 0.717) is 11.8 Å². The Labute approximate surface area is 92.7 Å². The van der Waals surface area contributed by atoms with Crippen LogP contribution < -0.4 is 16.0 Å². The Morgan fingerprint density at radius 1 is 1.33 bits per heavy atom. The largest absolute Gasteiger partial charge is 0.316 e. The van der Waals surface area contributed by atoms with Crippen LogP contribution in [-0.2, 0) is 0 Å². The van der Waals surface area contributed by atoms with Gasteiger partial charge < -0.3 is 5.32 Å². The number of nitrogens with one attached hydrogen (secondary N) is 3. The van der Waals surface area contributed by atoms with Crippen LogP contribution in [0.3, 0.4) is 0 Å². The Hall–Kier alpha value is -0.380.